The minimum absolute atomic E-state index is 0.0852. The highest BCUT2D eigenvalue weighted by atomic mass is 32.2. The number of aryl methyl sites for hydroxylation is 1. The molecule has 0 unspecified atom stereocenters. The molecule has 35 heavy (non-hydrogen) atoms. The van der Waals surface area contributed by atoms with E-state index < -0.39 is 0 Å². The minimum atomic E-state index is -0.254. The number of thioether (sulfide) groups is 1. The number of hydrogen-bond donors (Lipinski definition) is 1. The quantitative estimate of drug-likeness (QED) is 0.357. The average molecular weight is 483 g/mol. The first-order chi connectivity index (χ1) is 17.1. The highest BCUT2D eigenvalue weighted by Gasteiger charge is 2.33. The normalized spacial score (nSPS) is 16.3. The van der Waals surface area contributed by atoms with Crippen molar-refractivity contribution in [1.29, 1.82) is 0 Å². The molecular formula is C29H26N2O3S. The van der Waals surface area contributed by atoms with Gasteiger partial charge in [-0.1, -0.05) is 72.3 Å². The average Bonchev–Trinajstić information content (AvgIpc) is 3.54. The third kappa shape index (κ3) is 5.17. The van der Waals surface area contributed by atoms with Crippen molar-refractivity contribution in [2.24, 2.45) is 0 Å². The lowest BCUT2D eigenvalue weighted by molar-refractivity contribution is -0.128. The smallest absolute Gasteiger partial charge is 0.252 e. The first-order valence-corrected chi connectivity index (χ1v) is 12.6. The van der Waals surface area contributed by atoms with Gasteiger partial charge in [-0.3, -0.25) is 9.59 Å². The van der Waals surface area contributed by atoms with E-state index in [-0.39, 0.29) is 23.2 Å². The van der Waals surface area contributed by atoms with Crippen LogP contribution in [0.15, 0.2) is 102 Å². The Balaban J connectivity index is 1.34. The summed E-state index contributed by atoms with van der Waals surface area (Å²) in [7, 11) is 0. The van der Waals surface area contributed by atoms with Gasteiger partial charge in [-0.05, 0) is 47.9 Å². The van der Waals surface area contributed by atoms with Crippen molar-refractivity contribution in [3.63, 3.8) is 0 Å². The van der Waals surface area contributed by atoms with Crippen LogP contribution in [0.2, 0.25) is 0 Å². The third-order valence-corrected chi connectivity index (χ3v) is 7.41. The minimum Gasteiger partial charge on any atom is -0.467 e. The summed E-state index contributed by atoms with van der Waals surface area (Å²) in [5, 5.41) is 3.10. The summed E-state index contributed by atoms with van der Waals surface area (Å²) in [4.78, 5) is 27.5. The Kier molecular flexibility index (Phi) is 6.73. The number of nitrogens with zero attached hydrogens (tertiary/aromatic N) is 1. The molecule has 176 valence electrons. The molecule has 0 bridgehead atoms. The van der Waals surface area contributed by atoms with E-state index in [1.54, 1.807) is 18.0 Å². The summed E-state index contributed by atoms with van der Waals surface area (Å²) in [5.41, 5.74) is 4.79. The number of hydrogen-bond acceptors (Lipinski definition) is 4. The second kappa shape index (κ2) is 10.2. The van der Waals surface area contributed by atoms with Gasteiger partial charge in [0.1, 0.15) is 11.1 Å². The van der Waals surface area contributed by atoms with E-state index in [2.05, 4.69) is 29.6 Å². The van der Waals surface area contributed by atoms with Crippen LogP contribution < -0.4 is 5.32 Å². The van der Waals surface area contributed by atoms with Crippen LogP contribution in [0.1, 0.15) is 49.8 Å². The third-order valence-electron chi connectivity index (χ3n) is 6.15. The van der Waals surface area contributed by atoms with Crippen LogP contribution in [0.5, 0.6) is 0 Å². The predicted octanol–water partition coefficient (Wildman–Crippen LogP) is 5.88. The molecule has 1 fully saturated rings. The van der Waals surface area contributed by atoms with Gasteiger partial charge in [-0.15, -0.1) is 11.8 Å². The Hall–Kier alpha value is -3.77. The summed E-state index contributed by atoms with van der Waals surface area (Å²) in [6, 6.07) is 29.2. The van der Waals surface area contributed by atoms with Crippen molar-refractivity contribution in [1.82, 2.24) is 10.2 Å². The van der Waals surface area contributed by atoms with E-state index in [0.29, 0.717) is 17.9 Å². The Labute approximate surface area is 209 Å². The van der Waals surface area contributed by atoms with Crippen molar-refractivity contribution in [3.8, 4) is 0 Å². The summed E-state index contributed by atoms with van der Waals surface area (Å²) in [6.07, 6.45) is 1.62. The zero-order chi connectivity index (χ0) is 24.2. The van der Waals surface area contributed by atoms with Crippen LogP contribution in [0.3, 0.4) is 0 Å². The molecule has 1 N–H and O–H groups in total. The lowest BCUT2D eigenvalue weighted by Crippen LogP contribution is -2.29. The second-order valence-electron chi connectivity index (χ2n) is 8.61. The van der Waals surface area contributed by atoms with Gasteiger partial charge in [0.05, 0.1) is 24.6 Å². The Morgan fingerprint density at radius 2 is 1.69 bits per heavy atom. The molecule has 2 amide bonds. The van der Waals surface area contributed by atoms with E-state index in [4.69, 9.17) is 4.42 Å². The van der Waals surface area contributed by atoms with Gasteiger partial charge < -0.3 is 14.6 Å². The number of carbonyl (C=O) groups excluding carboxylic acids is 2. The van der Waals surface area contributed by atoms with E-state index in [9.17, 15) is 9.59 Å². The number of furan rings is 1. The fourth-order valence-electron chi connectivity index (χ4n) is 4.25. The first-order valence-electron chi connectivity index (χ1n) is 11.5. The highest BCUT2D eigenvalue weighted by molar-refractivity contribution is 8.00. The first kappa shape index (κ1) is 23.0. The molecule has 2 heterocycles. The SMILES string of the molecule is Cc1ccc([C@H](NC(=O)c2ccc([C@@H]3SCC(=O)N3Cc3ccco3)cc2)c2ccccc2)cc1. The molecule has 1 aliphatic heterocycles. The Morgan fingerprint density at radius 3 is 2.37 bits per heavy atom. The fourth-order valence-corrected chi connectivity index (χ4v) is 5.44. The van der Waals surface area contributed by atoms with Gasteiger partial charge in [0.25, 0.3) is 5.91 Å². The molecule has 6 heteroatoms. The van der Waals surface area contributed by atoms with Gasteiger partial charge >= 0.3 is 0 Å². The van der Waals surface area contributed by atoms with Gasteiger partial charge in [0.15, 0.2) is 0 Å². The summed E-state index contributed by atoms with van der Waals surface area (Å²) in [5.74, 6) is 1.13. The molecule has 2 atom stereocenters. The summed E-state index contributed by atoms with van der Waals surface area (Å²) in [6.45, 7) is 2.48. The van der Waals surface area contributed by atoms with Crippen LogP contribution in [-0.2, 0) is 11.3 Å². The number of nitrogens with one attached hydrogen (secondary N) is 1. The number of rotatable bonds is 7. The van der Waals surface area contributed by atoms with E-state index >= 15 is 0 Å². The van der Waals surface area contributed by atoms with Gasteiger partial charge in [-0.2, -0.15) is 0 Å². The van der Waals surface area contributed by atoms with Gasteiger partial charge in [0.2, 0.25) is 5.91 Å². The molecule has 0 spiro atoms. The van der Waals surface area contributed by atoms with Crippen LogP contribution in [0, 0.1) is 6.92 Å². The lowest BCUT2D eigenvalue weighted by Gasteiger charge is -2.23. The molecule has 3 aromatic carbocycles. The maximum atomic E-state index is 13.2. The zero-order valence-corrected chi connectivity index (χ0v) is 20.2. The van der Waals surface area contributed by atoms with Crippen molar-refractivity contribution >= 4 is 23.6 Å². The monoisotopic (exact) mass is 482 g/mol. The van der Waals surface area contributed by atoms with Crippen molar-refractivity contribution in [2.75, 3.05) is 5.75 Å². The van der Waals surface area contributed by atoms with E-state index in [1.807, 2.05) is 78.6 Å². The molecule has 5 nitrogen and oxygen atoms in total. The molecule has 5 rings (SSSR count). The predicted molar refractivity (Wildman–Crippen MR) is 138 cm³/mol. The standard InChI is InChI=1S/C29H26N2O3S/c1-20-9-11-22(12-10-20)27(21-6-3-2-4-7-21)30-28(33)23-13-15-24(16-14-23)29-31(26(32)19-35-29)18-25-8-5-17-34-25/h2-17,27,29H,18-19H2,1H3,(H,30,33)/t27-,29+/m1/s1. The van der Waals surface area contributed by atoms with Crippen LogP contribution in [0.4, 0.5) is 0 Å². The maximum absolute atomic E-state index is 13.2. The summed E-state index contributed by atoms with van der Waals surface area (Å²) >= 11 is 1.59. The second-order valence-corrected chi connectivity index (χ2v) is 9.68. The lowest BCUT2D eigenvalue weighted by atomic mass is 9.97. The van der Waals surface area contributed by atoms with Crippen LogP contribution in [-0.4, -0.2) is 22.5 Å². The zero-order valence-electron chi connectivity index (χ0n) is 19.4. The molecule has 0 radical (unpaired) electrons. The van der Waals surface area contributed by atoms with Crippen molar-refractivity contribution in [3.05, 3.63) is 131 Å². The number of amides is 2. The molecular weight excluding hydrogens is 456 g/mol. The largest absolute Gasteiger partial charge is 0.467 e. The van der Waals surface area contributed by atoms with Crippen molar-refractivity contribution in [2.45, 2.75) is 24.9 Å². The molecule has 1 aliphatic rings. The maximum Gasteiger partial charge on any atom is 0.252 e. The molecule has 1 saturated heterocycles. The molecule has 1 aromatic heterocycles. The Bertz CT molecular complexity index is 1290. The summed E-state index contributed by atoms with van der Waals surface area (Å²) < 4.78 is 5.44. The molecule has 0 saturated carbocycles. The fraction of sp³-hybridized carbons (Fsp3) is 0.172. The van der Waals surface area contributed by atoms with E-state index in [0.717, 1.165) is 22.5 Å². The highest BCUT2D eigenvalue weighted by Crippen LogP contribution is 2.39. The van der Waals surface area contributed by atoms with Crippen LogP contribution >= 0.6 is 11.8 Å². The van der Waals surface area contributed by atoms with E-state index in [1.165, 1.54) is 5.56 Å². The molecule has 4 aromatic rings. The molecule has 0 aliphatic carbocycles. The van der Waals surface area contributed by atoms with Gasteiger partial charge in [-0.25, -0.2) is 0 Å². The Morgan fingerprint density at radius 1 is 0.971 bits per heavy atom. The van der Waals surface area contributed by atoms with Crippen molar-refractivity contribution < 1.29 is 14.0 Å². The van der Waals surface area contributed by atoms with Gasteiger partial charge in [0, 0.05) is 5.56 Å². The van der Waals surface area contributed by atoms with Crippen LogP contribution in [0.25, 0.3) is 0 Å². The number of benzene rings is 3. The topological polar surface area (TPSA) is 62.6 Å². The number of carbonyl (C=O) groups is 2.